The smallest absolute Gasteiger partial charge is 0.0138 e. The molecule has 1 aromatic carbocycles. The van der Waals surface area contributed by atoms with Gasteiger partial charge in [0.2, 0.25) is 0 Å². The predicted octanol–water partition coefficient (Wildman–Crippen LogP) is 2.39. The van der Waals surface area contributed by atoms with E-state index >= 15 is 0 Å². The van der Waals surface area contributed by atoms with Crippen LogP contribution in [0.3, 0.4) is 0 Å². The van der Waals surface area contributed by atoms with Gasteiger partial charge in [0.25, 0.3) is 0 Å². The standard InChI is InChI=1S/C15H22N2/c1-2-7-15(8-3-1)9-6-10-16-11-14-17-12-4-5-13-17/h1-3,6-9,16H,4-5,10-14H2. The van der Waals surface area contributed by atoms with Crippen LogP contribution in [0.15, 0.2) is 36.4 Å². The highest BCUT2D eigenvalue weighted by molar-refractivity contribution is 5.48. The van der Waals surface area contributed by atoms with Gasteiger partial charge in [0, 0.05) is 19.6 Å². The van der Waals surface area contributed by atoms with E-state index in [2.05, 4.69) is 46.6 Å². The van der Waals surface area contributed by atoms with Gasteiger partial charge in [-0.2, -0.15) is 0 Å². The Bertz CT molecular complexity index is 326. The Balaban J connectivity index is 1.55. The molecular weight excluding hydrogens is 208 g/mol. The normalized spacial score (nSPS) is 16.9. The van der Waals surface area contributed by atoms with Gasteiger partial charge in [-0.3, -0.25) is 0 Å². The summed E-state index contributed by atoms with van der Waals surface area (Å²) in [7, 11) is 0. The van der Waals surface area contributed by atoms with Gasteiger partial charge < -0.3 is 10.2 Å². The summed E-state index contributed by atoms with van der Waals surface area (Å²) in [5, 5.41) is 3.45. The number of hydrogen-bond donors (Lipinski definition) is 1. The summed E-state index contributed by atoms with van der Waals surface area (Å²) in [5.74, 6) is 0. The predicted molar refractivity (Wildman–Crippen MR) is 74.0 cm³/mol. The van der Waals surface area contributed by atoms with Crippen LogP contribution in [0.4, 0.5) is 0 Å². The lowest BCUT2D eigenvalue weighted by molar-refractivity contribution is 0.338. The maximum atomic E-state index is 3.45. The van der Waals surface area contributed by atoms with E-state index in [1.54, 1.807) is 0 Å². The first-order chi connectivity index (χ1) is 8.45. The molecule has 1 saturated heterocycles. The summed E-state index contributed by atoms with van der Waals surface area (Å²) in [5.41, 5.74) is 1.27. The van der Waals surface area contributed by atoms with Crippen LogP contribution in [0.1, 0.15) is 18.4 Å². The summed E-state index contributed by atoms with van der Waals surface area (Å²) >= 11 is 0. The summed E-state index contributed by atoms with van der Waals surface area (Å²) in [6.07, 6.45) is 7.13. The summed E-state index contributed by atoms with van der Waals surface area (Å²) < 4.78 is 0. The largest absolute Gasteiger partial charge is 0.312 e. The van der Waals surface area contributed by atoms with Gasteiger partial charge in [-0.15, -0.1) is 0 Å². The number of nitrogens with zero attached hydrogens (tertiary/aromatic N) is 1. The molecule has 0 aromatic heterocycles. The van der Waals surface area contributed by atoms with Gasteiger partial charge in [-0.1, -0.05) is 42.5 Å². The molecule has 2 nitrogen and oxygen atoms in total. The van der Waals surface area contributed by atoms with Gasteiger partial charge in [0.15, 0.2) is 0 Å². The average Bonchev–Trinajstić information content (AvgIpc) is 2.88. The molecule has 92 valence electrons. The Morgan fingerprint density at radius 3 is 2.65 bits per heavy atom. The summed E-state index contributed by atoms with van der Waals surface area (Å²) in [6, 6.07) is 10.4. The Labute approximate surface area is 104 Å². The van der Waals surface area contributed by atoms with Crippen LogP contribution < -0.4 is 5.32 Å². The van der Waals surface area contributed by atoms with Crippen LogP contribution in [-0.4, -0.2) is 37.6 Å². The van der Waals surface area contributed by atoms with Crippen LogP contribution in [0, 0.1) is 0 Å². The highest BCUT2D eigenvalue weighted by atomic mass is 15.1. The molecule has 1 aliphatic heterocycles. The zero-order valence-electron chi connectivity index (χ0n) is 10.4. The van der Waals surface area contributed by atoms with Crippen molar-refractivity contribution in [3.05, 3.63) is 42.0 Å². The molecule has 0 aliphatic carbocycles. The van der Waals surface area contributed by atoms with E-state index < -0.39 is 0 Å². The SMILES string of the molecule is C(=Cc1ccccc1)CNCCN1CCCC1. The fourth-order valence-corrected chi connectivity index (χ4v) is 2.19. The molecule has 1 fully saturated rings. The Morgan fingerprint density at radius 2 is 1.88 bits per heavy atom. The van der Waals surface area contributed by atoms with E-state index in [0.29, 0.717) is 0 Å². The van der Waals surface area contributed by atoms with Gasteiger partial charge in [0.1, 0.15) is 0 Å². The molecule has 0 radical (unpaired) electrons. The molecule has 0 unspecified atom stereocenters. The lowest BCUT2D eigenvalue weighted by Crippen LogP contribution is -2.29. The van der Waals surface area contributed by atoms with Crippen LogP contribution in [0.25, 0.3) is 6.08 Å². The minimum atomic E-state index is 0.961. The van der Waals surface area contributed by atoms with E-state index in [4.69, 9.17) is 0 Å². The van der Waals surface area contributed by atoms with Crippen molar-refractivity contribution in [1.29, 1.82) is 0 Å². The fraction of sp³-hybridized carbons (Fsp3) is 0.467. The molecule has 1 aromatic rings. The molecular formula is C15H22N2. The second kappa shape index (κ2) is 7.25. The number of hydrogen-bond acceptors (Lipinski definition) is 2. The number of nitrogens with one attached hydrogen (secondary N) is 1. The Morgan fingerprint density at radius 1 is 1.12 bits per heavy atom. The van der Waals surface area contributed by atoms with Crippen LogP contribution >= 0.6 is 0 Å². The number of likely N-dealkylation sites (tertiary alicyclic amines) is 1. The lowest BCUT2D eigenvalue weighted by Gasteiger charge is -2.13. The molecule has 1 aliphatic rings. The molecule has 1 N–H and O–H groups in total. The van der Waals surface area contributed by atoms with Crippen LogP contribution in [-0.2, 0) is 0 Å². The maximum absolute atomic E-state index is 3.45. The van der Waals surface area contributed by atoms with Crippen molar-refractivity contribution in [3.8, 4) is 0 Å². The quantitative estimate of drug-likeness (QED) is 0.755. The highest BCUT2D eigenvalue weighted by Gasteiger charge is 2.09. The molecule has 0 atom stereocenters. The maximum Gasteiger partial charge on any atom is 0.0138 e. The fourth-order valence-electron chi connectivity index (χ4n) is 2.19. The zero-order valence-corrected chi connectivity index (χ0v) is 10.4. The first-order valence-electron chi connectivity index (χ1n) is 6.60. The lowest BCUT2D eigenvalue weighted by atomic mass is 10.2. The third-order valence-corrected chi connectivity index (χ3v) is 3.18. The van der Waals surface area contributed by atoms with Gasteiger partial charge in [-0.05, 0) is 31.5 Å². The van der Waals surface area contributed by atoms with Crippen molar-refractivity contribution in [3.63, 3.8) is 0 Å². The van der Waals surface area contributed by atoms with E-state index in [-0.39, 0.29) is 0 Å². The van der Waals surface area contributed by atoms with E-state index in [0.717, 1.165) is 13.1 Å². The third kappa shape index (κ3) is 4.72. The minimum Gasteiger partial charge on any atom is -0.312 e. The molecule has 2 heteroatoms. The van der Waals surface area contributed by atoms with Gasteiger partial charge in [-0.25, -0.2) is 0 Å². The van der Waals surface area contributed by atoms with Crippen LogP contribution in [0.5, 0.6) is 0 Å². The molecule has 0 spiro atoms. The Kier molecular flexibility index (Phi) is 5.27. The third-order valence-electron chi connectivity index (χ3n) is 3.18. The molecule has 0 amide bonds. The minimum absolute atomic E-state index is 0.961. The topological polar surface area (TPSA) is 15.3 Å². The molecule has 17 heavy (non-hydrogen) atoms. The van der Waals surface area contributed by atoms with Crippen molar-refractivity contribution < 1.29 is 0 Å². The van der Waals surface area contributed by atoms with E-state index in [1.807, 2.05) is 6.07 Å². The van der Waals surface area contributed by atoms with E-state index in [1.165, 1.54) is 38.0 Å². The Hall–Kier alpha value is -1.12. The second-order valence-electron chi connectivity index (χ2n) is 4.57. The average molecular weight is 230 g/mol. The molecule has 0 bridgehead atoms. The zero-order chi connectivity index (χ0) is 11.8. The summed E-state index contributed by atoms with van der Waals surface area (Å²) in [6.45, 7) is 5.84. The number of benzene rings is 1. The monoisotopic (exact) mass is 230 g/mol. The van der Waals surface area contributed by atoms with Gasteiger partial charge in [0.05, 0.1) is 0 Å². The molecule has 2 rings (SSSR count). The van der Waals surface area contributed by atoms with Crippen molar-refractivity contribution in [2.45, 2.75) is 12.8 Å². The van der Waals surface area contributed by atoms with Crippen molar-refractivity contribution in [1.82, 2.24) is 10.2 Å². The van der Waals surface area contributed by atoms with Crippen LogP contribution in [0.2, 0.25) is 0 Å². The van der Waals surface area contributed by atoms with Gasteiger partial charge >= 0.3 is 0 Å². The number of rotatable bonds is 6. The first-order valence-corrected chi connectivity index (χ1v) is 6.60. The molecule has 0 saturated carbocycles. The molecule has 1 heterocycles. The highest BCUT2D eigenvalue weighted by Crippen LogP contribution is 2.05. The van der Waals surface area contributed by atoms with E-state index in [9.17, 15) is 0 Å². The van der Waals surface area contributed by atoms with Crippen molar-refractivity contribution in [2.24, 2.45) is 0 Å². The van der Waals surface area contributed by atoms with Crippen molar-refractivity contribution in [2.75, 3.05) is 32.7 Å². The first kappa shape index (κ1) is 12.3. The second-order valence-corrected chi connectivity index (χ2v) is 4.57. The van der Waals surface area contributed by atoms with Crippen molar-refractivity contribution >= 4 is 6.08 Å². The summed E-state index contributed by atoms with van der Waals surface area (Å²) in [4.78, 5) is 2.54.